The average Bonchev–Trinajstić information content (AvgIpc) is 3.39. The normalized spacial score (nSPS) is 22.3. The molecular weight excluding hydrogens is 530 g/mol. The van der Waals surface area contributed by atoms with E-state index >= 15 is 0 Å². The van der Waals surface area contributed by atoms with Crippen molar-refractivity contribution < 1.29 is 60.1 Å². The summed E-state index contributed by atoms with van der Waals surface area (Å²) in [6.45, 7) is 11.5. The van der Waals surface area contributed by atoms with Crippen LogP contribution in [0.15, 0.2) is 23.0 Å². The Labute approximate surface area is 215 Å². The maximum absolute atomic E-state index is 12.9. The first-order chi connectivity index (χ1) is 17.4. The van der Waals surface area contributed by atoms with Crippen LogP contribution in [-0.4, -0.2) is 89.1 Å². The maximum Gasteiger partial charge on any atom is 0.490 e. The quantitative estimate of drug-likeness (QED) is 0.405. The van der Waals surface area contributed by atoms with Gasteiger partial charge in [-0.2, -0.15) is 26.3 Å². The minimum atomic E-state index is -5.08. The number of aliphatic carboxylic acids is 2. The zero-order valence-electron chi connectivity index (χ0n) is 21.1. The van der Waals surface area contributed by atoms with Gasteiger partial charge in [-0.3, -0.25) is 14.6 Å². The lowest BCUT2D eigenvalue weighted by atomic mass is 9.75. The van der Waals surface area contributed by atoms with Crippen molar-refractivity contribution in [2.75, 3.05) is 32.8 Å². The predicted octanol–water partition coefficient (Wildman–Crippen LogP) is 4.03. The third kappa shape index (κ3) is 9.82. The molecule has 2 fully saturated rings. The number of alkyl halides is 6. The summed E-state index contributed by atoms with van der Waals surface area (Å²) in [6, 6.07) is 2.49. The zero-order chi connectivity index (χ0) is 29.3. The number of likely N-dealkylation sites (tertiary alicyclic amines) is 2. The van der Waals surface area contributed by atoms with Crippen LogP contribution in [0.4, 0.5) is 26.3 Å². The van der Waals surface area contributed by atoms with Crippen molar-refractivity contribution in [3.63, 3.8) is 0 Å². The Morgan fingerprint density at radius 2 is 1.66 bits per heavy atom. The molecule has 15 heteroatoms. The molecule has 2 aliphatic heterocycles. The van der Waals surface area contributed by atoms with Crippen LogP contribution < -0.4 is 0 Å². The van der Waals surface area contributed by atoms with E-state index in [1.165, 1.54) is 5.56 Å². The number of carbonyl (C=O) groups is 3. The van der Waals surface area contributed by atoms with Gasteiger partial charge in [0.15, 0.2) is 0 Å². The highest BCUT2D eigenvalue weighted by Gasteiger charge is 2.54. The molecule has 2 saturated heterocycles. The number of fused-ring (bicyclic) bond motifs is 1. The topological polar surface area (TPSA) is 121 Å². The van der Waals surface area contributed by atoms with Gasteiger partial charge in [-0.05, 0) is 46.2 Å². The number of rotatable bonds is 5. The summed E-state index contributed by atoms with van der Waals surface area (Å²) in [5.41, 5.74) is 0.878. The fourth-order valence-electron chi connectivity index (χ4n) is 4.34. The monoisotopic (exact) mass is 562 g/mol. The number of carbonyl (C=O) groups excluding carboxylic acids is 1. The van der Waals surface area contributed by atoms with E-state index in [0.29, 0.717) is 18.6 Å². The highest BCUT2D eigenvalue weighted by atomic mass is 19.4. The Morgan fingerprint density at radius 3 is 2.08 bits per heavy atom. The molecule has 3 rings (SSSR count). The summed E-state index contributed by atoms with van der Waals surface area (Å²) < 4.78 is 74.2. The minimum absolute atomic E-state index is 0.0170. The highest BCUT2D eigenvalue weighted by molar-refractivity contribution is 5.78. The first-order valence-corrected chi connectivity index (χ1v) is 11.7. The molecule has 0 saturated carbocycles. The number of furan rings is 1. The summed E-state index contributed by atoms with van der Waals surface area (Å²) in [4.78, 5) is 35.6. The molecular formula is C23H32F6N2O7. The molecule has 218 valence electrons. The Morgan fingerprint density at radius 1 is 1.11 bits per heavy atom. The second-order valence-corrected chi connectivity index (χ2v) is 9.17. The number of nitrogens with zero attached hydrogens (tertiary/aromatic N) is 2. The van der Waals surface area contributed by atoms with Gasteiger partial charge in [0.05, 0.1) is 24.5 Å². The van der Waals surface area contributed by atoms with Gasteiger partial charge in [-0.1, -0.05) is 0 Å². The largest absolute Gasteiger partial charge is 0.490 e. The van der Waals surface area contributed by atoms with Gasteiger partial charge in [0.2, 0.25) is 0 Å². The van der Waals surface area contributed by atoms with Crippen LogP contribution in [0.5, 0.6) is 0 Å². The number of carboxylic acids is 2. The van der Waals surface area contributed by atoms with Gasteiger partial charge >= 0.3 is 30.3 Å². The van der Waals surface area contributed by atoms with E-state index < -0.39 is 24.3 Å². The molecule has 3 heterocycles. The Kier molecular flexibility index (Phi) is 12.1. The lowest BCUT2D eigenvalue weighted by Crippen LogP contribution is -2.42. The molecule has 0 amide bonds. The standard InChI is InChI=1S/C19H30N2O3.2C2HF3O2/c1-4-24-18(22)19-7-5-8-20(10-16-6-9-23-13-16)11-17(19)12-21(14-19)15(2)3;2*3-2(4,5)1(6)7/h6,9,13,15,17H,4-5,7-8,10-12,14H2,1-3H3;2*(H,6,7)/t17-,19-;;/m0../s1. The van der Waals surface area contributed by atoms with Crippen molar-refractivity contribution in [1.29, 1.82) is 0 Å². The number of ether oxygens (including phenoxy) is 1. The van der Waals surface area contributed by atoms with E-state index in [0.717, 1.165) is 45.6 Å². The molecule has 2 atom stereocenters. The minimum Gasteiger partial charge on any atom is -0.475 e. The summed E-state index contributed by atoms with van der Waals surface area (Å²) in [7, 11) is 0. The molecule has 0 spiro atoms. The fourth-order valence-corrected chi connectivity index (χ4v) is 4.34. The maximum atomic E-state index is 12.9. The first kappa shape index (κ1) is 33.2. The van der Waals surface area contributed by atoms with Crippen molar-refractivity contribution in [1.82, 2.24) is 9.80 Å². The molecule has 0 aromatic carbocycles. The summed E-state index contributed by atoms with van der Waals surface area (Å²) in [6.07, 6.45) is -4.65. The lowest BCUT2D eigenvalue weighted by molar-refractivity contribution is -0.193. The molecule has 0 radical (unpaired) electrons. The van der Waals surface area contributed by atoms with Crippen molar-refractivity contribution in [3.05, 3.63) is 24.2 Å². The number of carboxylic acid groups (broad SMARTS) is 2. The van der Waals surface area contributed by atoms with Gasteiger partial charge in [0, 0.05) is 43.7 Å². The van der Waals surface area contributed by atoms with Gasteiger partial charge < -0.3 is 19.4 Å². The molecule has 38 heavy (non-hydrogen) atoms. The molecule has 0 unspecified atom stereocenters. The Hall–Kier alpha value is -2.81. The Balaban J connectivity index is 0.000000426. The van der Waals surface area contributed by atoms with E-state index in [2.05, 4.69) is 23.6 Å². The second kappa shape index (κ2) is 13.8. The second-order valence-electron chi connectivity index (χ2n) is 9.17. The van der Waals surface area contributed by atoms with Crippen molar-refractivity contribution in [3.8, 4) is 0 Å². The molecule has 2 aliphatic rings. The van der Waals surface area contributed by atoms with Gasteiger partial charge in [-0.15, -0.1) is 0 Å². The van der Waals surface area contributed by atoms with Gasteiger partial charge in [0.1, 0.15) is 0 Å². The van der Waals surface area contributed by atoms with E-state index in [1.54, 1.807) is 6.26 Å². The third-order valence-corrected chi connectivity index (χ3v) is 6.18. The molecule has 1 aromatic heterocycles. The number of hydrogen-bond donors (Lipinski definition) is 2. The fraction of sp³-hybridized carbons (Fsp3) is 0.696. The summed E-state index contributed by atoms with van der Waals surface area (Å²) >= 11 is 0. The lowest BCUT2D eigenvalue weighted by Gasteiger charge is -2.31. The van der Waals surface area contributed by atoms with Crippen molar-refractivity contribution in [2.24, 2.45) is 11.3 Å². The third-order valence-electron chi connectivity index (χ3n) is 6.18. The average molecular weight is 563 g/mol. The van der Waals surface area contributed by atoms with Crippen molar-refractivity contribution >= 4 is 17.9 Å². The number of halogens is 6. The van der Waals surface area contributed by atoms with Crippen LogP contribution in [-0.2, 0) is 25.7 Å². The van der Waals surface area contributed by atoms with Gasteiger partial charge in [-0.25, -0.2) is 9.59 Å². The molecule has 2 N–H and O–H groups in total. The van der Waals surface area contributed by atoms with Gasteiger partial charge in [0.25, 0.3) is 0 Å². The zero-order valence-corrected chi connectivity index (χ0v) is 21.1. The molecule has 0 aliphatic carbocycles. The highest BCUT2D eigenvalue weighted by Crippen LogP contribution is 2.44. The van der Waals surface area contributed by atoms with Crippen LogP contribution in [0.3, 0.4) is 0 Å². The van der Waals surface area contributed by atoms with Crippen LogP contribution in [0.25, 0.3) is 0 Å². The first-order valence-electron chi connectivity index (χ1n) is 11.7. The molecule has 9 nitrogen and oxygen atoms in total. The SMILES string of the molecule is CCOC(=O)[C@]12CCCN(Cc3ccoc3)C[C@H]1CN(C(C)C)C2.O=C(O)C(F)(F)F.O=C(O)C(F)(F)F. The summed E-state index contributed by atoms with van der Waals surface area (Å²) in [5, 5.41) is 14.2. The molecule has 1 aromatic rings. The number of esters is 1. The van der Waals surface area contributed by atoms with E-state index in [4.69, 9.17) is 29.0 Å². The smallest absolute Gasteiger partial charge is 0.475 e. The summed E-state index contributed by atoms with van der Waals surface area (Å²) in [5.74, 6) is -5.16. The predicted molar refractivity (Wildman–Crippen MR) is 120 cm³/mol. The van der Waals surface area contributed by atoms with Crippen LogP contribution in [0.1, 0.15) is 39.2 Å². The van der Waals surface area contributed by atoms with Crippen LogP contribution >= 0.6 is 0 Å². The van der Waals surface area contributed by atoms with Crippen LogP contribution in [0.2, 0.25) is 0 Å². The van der Waals surface area contributed by atoms with E-state index in [1.807, 2.05) is 19.3 Å². The Bertz CT molecular complexity index is 881. The van der Waals surface area contributed by atoms with E-state index in [9.17, 15) is 31.1 Å². The number of hydrogen-bond acceptors (Lipinski definition) is 7. The van der Waals surface area contributed by atoms with E-state index in [-0.39, 0.29) is 11.4 Å². The van der Waals surface area contributed by atoms with Crippen molar-refractivity contribution in [2.45, 2.75) is 58.6 Å². The molecule has 0 bridgehead atoms. The van der Waals surface area contributed by atoms with Crippen LogP contribution in [0, 0.1) is 11.3 Å².